The molecule has 2 aromatic carbocycles. The number of rotatable bonds is 5. The van der Waals surface area contributed by atoms with Gasteiger partial charge < -0.3 is 9.84 Å². The van der Waals surface area contributed by atoms with Crippen LogP contribution in [0.25, 0.3) is 0 Å². The standard InChI is InChI=1S/C14H10ClNO5/c15-11-8-10(16(19)20)6-7-12(11)21-13(14(17)18)9-4-2-1-3-5-9/h1-8,13H,(H,17,18). The number of carboxylic acids is 1. The van der Waals surface area contributed by atoms with Gasteiger partial charge in [-0.25, -0.2) is 4.79 Å². The maximum absolute atomic E-state index is 11.3. The Balaban J connectivity index is 2.30. The molecule has 0 fully saturated rings. The Kier molecular flexibility index (Phi) is 4.39. The number of halogens is 1. The van der Waals surface area contributed by atoms with Crippen molar-refractivity contribution in [1.29, 1.82) is 0 Å². The molecule has 0 aromatic heterocycles. The van der Waals surface area contributed by atoms with E-state index in [2.05, 4.69) is 0 Å². The molecule has 21 heavy (non-hydrogen) atoms. The van der Waals surface area contributed by atoms with E-state index in [1.165, 1.54) is 12.1 Å². The van der Waals surface area contributed by atoms with E-state index in [4.69, 9.17) is 16.3 Å². The lowest BCUT2D eigenvalue weighted by Crippen LogP contribution is -2.18. The average molecular weight is 308 g/mol. The van der Waals surface area contributed by atoms with Crippen molar-refractivity contribution in [3.8, 4) is 5.75 Å². The number of non-ortho nitro benzene ring substituents is 1. The summed E-state index contributed by atoms with van der Waals surface area (Å²) in [4.78, 5) is 21.3. The van der Waals surface area contributed by atoms with E-state index < -0.39 is 17.0 Å². The Morgan fingerprint density at radius 2 is 1.90 bits per heavy atom. The van der Waals surface area contributed by atoms with Gasteiger partial charge in [0.1, 0.15) is 5.75 Å². The van der Waals surface area contributed by atoms with Crippen LogP contribution in [-0.2, 0) is 4.79 Å². The van der Waals surface area contributed by atoms with E-state index in [0.717, 1.165) is 6.07 Å². The lowest BCUT2D eigenvalue weighted by molar-refractivity contribution is -0.384. The van der Waals surface area contributed by atoms with Crippen molar-refractivity contribution in [3.63, 3.8) is 0 Å². The average Bonchev–Trinajstić information content (AvgIpc) is 2.46. The Labute approximate surface area is 124 Å². The molecule has 0 saturated carbocycles. The molecule has 0 saturated heterocycles. The smallest absolute Gasteiger partial charge is 0.349 e. The highest BCUT2D eigenvalue weighted by Crippen LogP contribution is 2.32. The van der Waals surface area contributed by atoms with Gasteiger partial charge >= 0.3 is 5.97 Å². The van der Waals surface area contributed by atoms with Crippen molar-refractivity contribution >= 4 is 23.3 Å². The summed E-state index contributed by atoms with van der Waals surface area (Å²) in [6.07, 6.45) is -1.25. The molecular formula is C14H10ClNO5. The molecule has 6 nitrogen and oxygen atoms in total. The summed E-state index contributed by atoms with van der Waals surface area (Å²) in [6.45, 7) is 0. The summed E-state index contributed by atoms with van der Waals surface area (Å²) >= 11 is 5.89. The van der Waals surface area contributed by atoms with E-state index >= 15 is 0 Å². The van der Waals surface area contributed by atoms with Crippen LogP contribution in [0.1, 0.15) is 11.7 Å². The second-order valence-corrected chi connectivity index (χ2v) is 4.53. The second kappa shape index (κ2) is 6.23. The Hall–Kier alpha value is -2.60. The zero-order valence-electron chi connectivity index (χ0n) is 10.6. The van der Waals surface area contributed by atoms with Gasteiger partial charge in [0.2, 0.25) is 6.10 Å². The van der Waals surface area contributed by atoms with Crippen LogP contribution in [0.2, 0.25) is 5.02 Å². The van der Waals surface area contributed by atoms with Crippen LogP contribution in [0.4, 0.5) is 5.69 Å². The minimum atomic E-state index is -1.25. The van der Waals surface area contributed by atoms with Gasteiger partial charge in [-0.3, -0.25) is 10.1 Å². The summed E-state index contributed by atoms with van der Waals surface area (Å²) in [7, 11) is 0. The summed E-state index contributed by atoms with van der Waals surface area (Å²) in [5.74, 6) is -1.12. The molecule has 0 spiro atoms. The monoisotopic (exact) mass is 307 g/mol. The van der Waals surface area contributed by atoms with E-state index in [1.54, 1.807) is 30.3 Å². The first kappa shape index (κ1) is 14.8. The normalized spacial score (nSPS) is 11.7. The Morgan fingerprint density at radius 3 is 2.43 bits per heavy atom. The summed E-state index contributed by atoms with van der Waals surface area (Å²) in [5.41, 5.74) is 0.248. The summed E-state index contributed by atoms with van der Waals surface area (Å²) in [6, 6.07) is 11.9. The quantitative estimate of drug-likeness (QED) is 0.675. The van der Waals surface area contributed by atoms with Gasteiger partial charge in [-0.1, -0.05) is 41.9 Å². The van der Waals surface area contributed by atoms with Gasteiger partial charge in [0.05, 0.1) is 9.95 Å². The number of nitro benzene ring substituents is 1. The number of hydrogen-bond acceptors (Lipinski definition) is 4. The molecule has 2 aromatic rings. The van der Waals surface area contributed by atoms with E-state index in [-0.39, 0.29) is 16.5 Å². The number of nitro groups is 1. The van der Waals surface area contributed by atoms with Gasteiger partial charge in [0.25, 0.3) is 5.69 Å². The molecular weight excluding hydrogens is 298 g/mol. The molecule has 7 heteroatoms. The molecule has 0 bridgehead atoms. The molecule has 1 N–H and O–H groups in total. The van der Waals surface area contributed by atoms with Crippen LogP contribution < -0.4 is 4.74 Å². The van der Waals surface area contributed by atoms with Gasteiger partial charge in [-0.05, 0) is 6.07 Å². The fourth-order valence-corrected chi connectivity index (χ4v) is 1.93. The highest BCUT2D eigenvalue weighted by molar-refractivity contribution is 6.32. The number of benzene rings is 2. The topological polar surface area (TPSA) is 89.7 Å². The predicted octanol–water partition coefficient (Wildman–Crippen LogP) is 3.45. The Morgan fingerprint density at radius 1 is 1.24 bits per heavy atom. The van der Waals surface area contributed by atoms with Crippen LogP contribution in [0, 0.1) is 10.1 Å². The largest absolute Gasteiger partial charge is 0.478 e. The minimum absolute atomic E-state index is 0.0219. The number of carbonyl (C=O) groups is 1. The van der Waals surface area contributed by atoms with Gasteiger partial charge in [-0.15, -0.1) is 0 Å². The molecule has 0 heterocycles. The maximum atomic E-state index is 11.3. The molecule has 0 amide bonds. The van der Waals surface area contributed by atoms with Gasteiger partial charge in [0.15, 0.2) is 0 Å². The van der Waals surface area contributed by atoms with Crippen LogP contribution in [0.5, 0.6) is 5.75 Å². The highest BCUT2D eigenvalue weighted by Gasteiger charge is 2.23. The third kappa shape index (κ3) is 3.49. The van der Waals surface area contributed by atoms with E-state index in [9.17, 15) is 20.0 Å². The molecule has 1 unspecified atom stereocenters. The van der Waals surface area contributed by atoms with Crippen LogP contribution in [-0.4, -0.2) is 16.0 Å². The third-order valence-corrected chi connectivity index (χ3v) is 2.99. The van der Waals surface area contributed by atoms with Crippen molar-refractivity contribution in [1.82, 2.24) is 0 Å². The highest BCUT2D eigenvalue weighted by atomic mass is 35.5. The maximum Gasteiger partial charge on any atom is 0.349 e. The number of aliphatic carboxylic acids is 1. The Bertz CT molecular complexity index is 674. The van der Waals surface area contributed by atoms with Crippen LogP contribution >= 0.6 is 11.6 Å². The molecule has 0 aliphatic carbocycles. The van der Waals surface area contributed by atoms with Crippen LogP contribution in [0.15, 0.2) is 48.5 Å². The first-order valence-electron chi connectivity index (χ1n) is 5.87. The molecule has 0 aliphatic heterocycles. The minimum Gasteiger partial charge on any atom is -0.478 e. The number of carboxylic acid groups (broad SMARTS) is 1. The number of ether oxygens (including phenoxy) is 1. The molecule has 0 aliphatic rings. The van der Waals surface area contributed by atoms with Crippen LogP contribution in [0.3, 0.4) is 0 Å². The second-order valence-electron chi connectivity index (χ2n) is 4.12. The lowest BCUT2D eigenvalue weighted by atomic mass is 10.1. The van der Waals surface area contributed by atoms with Gasteiger partial charge in [0, 0.05) is 17.7 Å². The zero-order valence-corrected chi connectivity index (χ0v) is 11.4. The van der Waals surface area contributed by atoms with Crippen molar-refractivity contribution in [2.45, 2.75) is 6.10 Å². The molecule has 108 valence electrons. The first-order valence-corrected chi connectivity index (χ1v) is 6.25. The summed E-state index contributed by atoms with van der Waals surface area (Å²) < 4.78 is 5.37. The lowest BCUT2D eigenvalue weighted by Gasteiger charge is -2.16. The van der Waals surface area contributed by atoms with E-state index in [0.29, 0.717) is 5.56 Å². The first-order chi connectivity index (χ1) is 9.99. The number of hydrogen-bond donors (Lipinski definition) is 1. The SMILES string of the molecule is O=C(O)C(Oc1ccc([N+](=O)[O-])cc1Cl)c1ccccc1. The molecule has 1 atom stereocenters. The molecule has 0 radical (unpaired) electrons. The summed E-state index contributed by atoms with van der Waals surface area (Å²) in [5, 5.41) is 19.9. The van der Waals surface area contributed by atoms with Crippen molar-refractivity contribution in [2.24, 2.45) is 0 Å². The molecule has 2 rings (SSSR count). The third-order valence-electron chi connectivity index (χ3n) is 2.70. The zero-order chi connectivity index (χ0) is 15.4. The van der Waals surface area contributed by atoms with Gasteiger partial charge in [-0.2, -0.15) is 0 Å². The van der Waals surface area contributed by atoms with Crippen molar-refractivity contribution < 1.29 is 19.6 Å². The van der Waals surface area contributed by atoms with Crippen molar-refractivity contribution in [3.05, 3.63) is 69.2 Å². The van der Waals surface area contributed by atoms with E-state index in [1.807, 2.05) is 0 Å². The number of nitrogens with zero attached hydrogens (tertiary/aromatic N) is 1. The fourth-order valence-electron chi connectivity index (χ4n) is 1.71. The fraction of sp³-hybridized carbons (Fsp3) is 0.0714. The predicted molar refractivity (Wildman–Crippen MR) is 75.6 cm³/mol. The van der Waals surface area contributed by atoms with Crippen molar-refractivity contribution in [2.75, 3.05) is 0 Å².